The number of primary amides is 1. The summed E-state index contributed by atoms with van der Waals surface area (Å²) < 4.78 is 0. The zero-order valence-corrected chi connectivity index (χ0v) is 8.41. The Balaban J connectivity index is 4.19. The highest BCUT2D eigenvalue weighted by Crippen LogP contribution is 2.04. The largest absolute Gasteiger partial charge is 0.368 e. The molecule has 14 heavy (non-hydrogen) atoms. The second-order valence-electron chi connectivity index (χ2n) is 3.10. The molecule has 0 aliphatic carbocycles. The van der Waals surface area contributed by atoms with E-state index in [1.807, 2.05) is 13.0 Å². The maximum atomic E-state index is 11.3. The molecule has 0 aromatic carbocycles. The fraction of sp³-hybridized carbons (Fsp3) is 0.667. The average molecular weight is 197 g/mol. The summed E-state index contributed by atoms with van der Waals surface area (Å²) in [4.78, 5) is 22.0. The van der Waals surface area contributed by atoms with Gasteiger partial charge in [0.05, 0.1) is 6.07 Å². The number of nitrogens with one attached hydrogen (secondary N) is 1. The third-order valence-electron chi connectivity index (χ3n) is 1.84. The number of amides is 2. The lowest BCUT2D eigenvalue weighted by atomic mass is 10.0. The lowest BCUT2D eigenvalue weighted by Crippen LogP contribution is -2.44. The van der Waals surface area contributed by atoms with Crippen LogP contribution in [-0.4, -0.2) is 17.9 Å². The van der Waals surface area contributed by atoms with Crippen LogP contribution >= 0.6 is 0 Å². The molecule has 0 rings (SSSR count). The van der Waals surface area contributed by atoms with Gasteiger partial charge in [0.1, 0.15) is 12.0 Å². The minimum atomic E-state index is -0.727. The Bertz CT molecular complexity index is 257. The summed E-state index contributed by atoms with van der Waals surface area (Å²) >= 11 is 0. The van der Waals surface area contributed by atoms with Crippen molar-refractivity contribution in [3.05, 3.63) is 0 Å². The van der Waals surface area contributed by atoms with E-state index in [2.05, 4.69) is 5.32 Å². The molecule has 0 saturated carbocycles. The summed E-state index contributed by atoms with van der Waals surface area (Å²) in [6.07, 6.45) is 1.24. The molecule has 0 aromatic heterocycles. The maximum absolute atomic E-state index is 11.3. The molecule has 0 heterocycles. The van der Waals surface area contributed by atoms with Crippen LogP contribution in [0, 0.1) is 17.2 Å². The molecule has 78 valence electrons. The molecule has 0 aliphatic rings. The fourth-order valence-corrected chi connectivity index (χ4v) is 0.928. The lowest BCUT2D eigenvalue weighted by Gasteiger charge is -2.12. The quantitative estimate of drug-likeness (QED) is 0.645. The highest BCUT2D eigenvalue weighted by Gasteiger charge is 2.20. The highest BCUT2D eigenvalue weighted by atomic mass is 16.2. The van der Waals surface area contributed by atoms with Crippen LogP contribution in [0.4, 0.5) is 0 Å². The molecule has 2 amide bonds. The molecule has 0 saturated heterocycles. The first kappa shape index (κ1) is 12.4. The number of rotatable bonds is 5. The van der Waals surface area contributed by atoms with Crippen LogP contribution in [0.1, 0.15) is 26.7 Å². The van der Waals surface area contributed by atoms with E-state index in [1.54, 1.807) is 0 Å². The zero-order valence-electron chi connectivity index (χ0n) is 8.41. The van der Waals surface area contributed by atoms with Crippen molar-refractivity contribution in [2.45, 2.75) is 32.7 Å². The van der Waals surface area contributed by atoms with Gasteiger partial charge in [0.15, 0.2) is 0 Å². The predicted molar refractivity (Wildman–Crippen MR) is 50.8 cm³/mol. The Labute approximate surface area is 83.3 Å². The van der Waals surface area contributed by atoms with E-state index in [0.29, 0.717) is 6.42 Å². The van der Waals surface area contributed by atoms with Crippen LogP contribution in [-0.2, 0) is 9.59 Å². The molecule has 2 atom stereocenters. The topological polar surface area (TPSA) is 96.0 Å². The number of carbonyl (C=O) groups excluding carboxylic acids is 2. The number of nitriles is 1. The summed E-state index contributed by atoms with van der Waals surface area (Å²) in [6, 6.07) is 1.16. The summed E-state index contributed by atoms with van der Waals surface area (Å²) in [5, 5.41) is 11.0. The van der Waals surface area contributed by atoms with Crippen molar-refractivity contribution < 1.29 is 9.59 Å². The van der Waals surface area contributed by atoms with E-state index in [4.69, 9.17) is 11.0 Å². The van der Waals surface area contributed by atoms with Gasteiger partial charge in [-0.05, 0) is 13.3 Å². The molecular formula is C9H15N3O2. The number of nitrogens with two attached hydrogens (primary N) is 1. The molecule has 0 spiro atoms. The van der Waals surface area contributed by atoms with Crippen LogP contribution in [0.5, 0.6) is 0 Å². The van der Waals surface area contributed by atoms with Crippen molar-refractivity contribution in [1.82, 2.24) is 5.32 Å². The van der Waals surface area contributed by atoms with Gasteiger partial charge in [0.2, 0.25) is 11.8 Å². The van der Waals surface area contributed by atoms with E-state index in [1.165, 1.54) is 6.92 Å². The fourth-order valence-electron chi connectivity index (χ4n) is 0.928. The third kappa shape index (κ3) is 3.90. The molecule has 3 N–H and O–H groups in total. The van der Waals surface area contributed by atoms with Gasteiger partial charge in [-0.2, -0.15) is 5.26 Å². The van der Waals surface area contributed by atoms with E-state index < -0.39 is 23.8 Å². The number of hydrogen-bond acceptors (Lipinski definition) is 3. The molecular weight excluding hydrogens is 182 g/mol. The SMILES string of the molecule is CCCC(C#N)C(=O)NC(C)C(N)=O. The van der Waals surface area contributed by atoms with Crippen LogP contribution in [0.2, 0.25) is 0 Å². The van der Waals surface area contributed by atoms with E-state index >= 15 is 0 Å². The lowest BCUT2D eigenvalue weighted by molar-refractivity contribution is -0.128. The number of hydrogen-bond donors (Lipinski definition) is 2. The highest BCUT2D eigenvalue weighted by molar-refractivity contribution is 5.88. The van der Waals surface area contributed by atoms with Gasteiger partial charge in [0, 0.05) is 0 Å². The standard InChI is InChI=1S/C9H15N3O2/c1-3-4-7(5-10)9(14)12-6(2)8(11)13/h6-7H,3-4H2,1-2H3,(H2,11,13)(H,12,14). The van der Waals surface area contributed by atoms with Crippen LogP contribution in [0.3, 0.4) is 0 Å². The van der Waals surface area contributed by atoms with Crippen molar-refractivity contribution in [2.75, 3.05) is 0 Å². The van der Waals surface area contributed by atoms with Gasteiger partial charge in [-0.15, -0.1) is 0 Å². The van der Waals surface area contributed by atoms with Crippen molar-refractivity contribution >= 4 is 11.8 Å². The maximum Gasteiger partial charge on any atom is 0.239 e. The van der Waals surface area contributed by atoms with E-state index in [0.717, 1.165) is 6.42 Å². The Morgan fingerprint density at radius 2 is 2.14 bits per heavy atom. The number of nitrogens with zero attached hydrogens (tertiary/aromatic N) is 1. The Kier molecular flexibility index (Phi) is 5.30. The molecule has 0 fully saturated rings. The predicted octanol–water partition coefficient (Wildman–Crippen LogP) is -0.0837. The Morgan fingerprint density at radius 3 is 2.50 bits per heavy atom. The summed E-state index contributed by atoms with van der Waals surface area (Å²) in [5.41, 5.74) is 4.96. The van der Waals surface area contributed by atoms with Crippen LogP contribution in [0.25, 0.3) is 0 Å². The zero-order chi connectivity index (χ0) is 11.1. The van der Waals surface area contributed by atoms with Crippen molar-refractivity contribution in [1.29, 1.82) is 5.26 Å². The minimum Gasteiger partial charge on any atom is -0.368 e. The Morgan fingerprint density at radius 1 is 1.57 bits per heavy atom. The van der Waals surface area contributed by atoms with E-state index in [-0.39, 0.29) is 0 Å². The summed E-state index contributed by atoms with van der Waals surface area (Å²) in [7, 11) is 0. The van der Waals surface area contributed by atoms with Gasteiger partial charge in [-0.3, -0.25) is 9.59 Å². The molecule has 5 nitrogen and oxygen atoms in total. The first-order valence-electron chi connectivity index (χ1n) is 4.52. The van der Waals surface area contributed by atoms with Gasteiger partial charge in [0.25, 0.3) is 0 Å². The average Bonchev–Trinajstić information content (AvgIpc) is 2.13. The van der Waals surface area contributed by atoms with Crippen molar-refractivity contribution in [3.8, 4) is 6.07 Å². The molecule has 0 aliphatic heterocycles. The van der Waals surface area contributed by atoms with Crippen LogP contribution in [0.15, 0.2) is 0 Å². The third-order valence-corrected chi connectivity index (χ3v) is 1.84. The number of carbonyl (C=O) groups is 2. The summed E-state index contributed by atoms with van der Waals surface area (Å²) in [6.45, 7) is 3.37. The molecule has 2 unspecified atom stereocenters. The monoisotopic (exact) mass is 197 g/mol. The first-order valence-corrected chi connectivity index (χ1v) is 4.52. The summed E-state index contributed by atoms with van der Waals surface area (Å²) in [5.74, 6) is -1.73. The molecule has 0 aromatic rings. The van der Waals surface area contributed by atoms with Gasteiger partial charge in [-0.1, -0.05) is 13.3 Å². The Hall–Kier alpha value is -1.57. The first-order chi connectivity index (χ1) is 6.52. The molecule has 0 radical (unpaired) electrons. The van der Waals surface area contributed by atoms with Gasteiger partial charge < -0.3 is 11.1 Å². The normalized spacial score (nSPS) is 13.8. The van der Waals surface area contributed by atoms with Crippen molar-refractivity contribution in [3.63, 3.8) is 0 Å². The van der Waals surface area contributed by atoms with E-state index in [9.17, 15) is 9.59 Å². The molecule has 0 bridgehead atoms. The smallest absolute Gasteiger partial charge is 0.239 e. The van der Waals surface area contributed by atoms with Gasteiger partial charge >= 0.3 is 0 Å². The second kappa shape index (κ2) is 5.97. The second-order valence-corrected chi connectivity index (χ2v) is 3.10. The van der Waals surface area contributed by atoms with Crippen molar-refractivity contribution in [2.24, 2.45) is 11.7 Å². The molecule has 5 heteroatoms. The van der Waals surface area contributed by atoms with Crippen LogP contribution < -0.4 is 11.1 Å². The minimum absolute atomic E-state index is 0.430. The van der Waals surface area contributed by atoms with Gasteiger partial charge in [-0.25, -0.2) is 0 Å².